The standard InChI is InChI=1S/C23H23F3N4O4S/c1-2-33-17-6-3-15(4-7-17)21-28-29-22(34-21)35-14-20(31)27-18-8-5-16(23(24,25)26)13-19(18)30-9-11-32-12-10-30/h3-8,13H,2,9-12,14H2,1H3,(H,27,31). The molecule has 0 bridgehead atoms. The molecule has 1 aliphatic heterocycles. The summed E-state index contributed by atoms with van der Waals surface area (Å²) in [5.74, 6) is 0.550. The van der Waals surface area contributed by atoms with Gasteiger partial charge in [-0.3, -0.25) is 4.79 Å². The Kier molecular flexibility index (Phi) is 7.81. The van der Waals surface area contributed by atoms with Crippen LogP contribution >= 0.6 is 11.8 Å². The van der Waals surface area contributed by atoms with Crippen LogP contribution in [0.3, 0.4) is 0 Å². The molecule has 1 aromatic heterocycles. The van der Waals surface area contributed by atoms with Crippen LogP contribution in [0.2, 0.25) is 0 Å². The van der Waals surface area contributed by atoms with E-state index in [1.807, 2.05) is 6.92 Å². The highest BCUT2D eigenvalue weighted by Crippen LogP contribution is 2.36. The van der Waals surface area contributed by atoms with Crippen molar-refractivity contribution in [2.75, 3.05) is 48.9 Å². The predicted molar refractivity (Wildman–Crippen MR) is 125 cm³/mol. The van der Waals surface area contributed by atoms with E-state index in [4.69, 9.17) is 13.9 Å². The number of hydrogen-bond acceptors (Lipinski definition) is 8. The molecule has 2 aromatic carbocycles. The highest BCUT2D eigenvalue weighted by Gasteiger charge is 2.32. The van der Waals surface area contributed by atoms with Crippen molar-refractivity contribution in [3.63, 3.8) is 0 Å². The average Bonchev–Trinajstić information content (AvgIpc) is 3.33. The van der Waals surface area contributed by atoms with Crippen LogP contribution in [0.25, 0.3) is 11.5 Å². The number of aromatic nitrogens is 2. The van der Waals surface area contributed by atoms with Gasteiger partial charge in [-0.05, 0) is 49.4 Å². The van der Waals surface area contributed by atoms with Gasteiger partial charge in [-0.25, -0.2) is 0 Å². The zero-order valence-corrected chi connectivity index (χ0v) is 19.6. The number of thioether (sulfide) groups is 1. The van der Waals surface area contributed by atoms with Gasteiger partial charge in [-0.15, -0.1) is 10.2 Å². The van der Waals surface area contributed by atoms with Crippen molar-refractivity contribution in [3.8, 4) is 17.2 Å². The third kappa shape index (κ3) is 6.45. The number of anilines is 2. The minimum absolute atomic E-state index is 0.0610. The van der Waals surface area contributed by atoms with Gasteiger partial charge in [0.05, 0.1) is 42.5 Å². The van der Waals surface area contributed by atoms with Crippen molar-refractivity contribution in [2.24, 2.45) is 0 Å². The van der Waals surface area contributed by atoms with E-state index in [-0.39, 0.29) is 11.0 Å². The van der Waals surface area contributed by atoms with E-state index in [0.29, 0.717) is 55.7 Å². The van der Waals surface area contributed by atoms with Gasteiger partial charge in [-0.2, -0.15) is 13.2 Å². The van der Waals surface area contributed by atoms with Crippen LogP contribution in [0, 0.1) is 0 Å². The molecule has 1 N–H and O–H groups in total. The molecule has 0 aliphatic carbocycles. The second-order valence-corrected chi connectivity index (χ2v) is 8.42. The van der Waals surface area contributed by atoms with E-state index in [9.17, 15) is 18.0 Å². The molecule has 1 saturated heterocycles. The van der Waals surface area contributed by atoms with Crippen molar-refractivity contribution < 1.29 is 31.9 Å². The topological polar surface area (TPSA) is 89.7 Å². The fourth-order valence-electron chi connectivity index (χ4n) is 3.44. The van der Waals surface area contributed by atoms with Crippen molar-refractivity contribution >= 4 is 29.0 Å². The number of nitrogens with one attached hydrogen (secondary N) is 1. The van der Waals surface area contributed by atoms with Gasteiger partial charge < -0.3 is 24.1 Å². The first-order chi connectivity index (χ1) is 16.8. The number of halogens is 3. The summed E-state index contributed by atoms with van der Waals surface area (Å²) >= 11 is 1.03. The Balaban J connectivity index is 1.40. The zero-order valence-electron chi connectivity index (χ0n) is 18.8. The number of carbonyl (C=O) groups is 1. The summed E-state index contributed by atoms with van der Waals surface area (Å²) in [7, 11) is 0. The maximum Gasteiger partial charge on any atom is 0.416 e. The lowest BCUT2D eigenvalue weighted by Crippen LogP contribution is -2.37. The lowest BCUT2D eigenvalue weighted by molar-refractivity contribution is -0.137. The second kappa shape index (κ2) is 11.0. The van der Waals surface area contributed by atoms with E-state index in [1.165, 1.54) is 6.07 Å². The molecule has 1 fully saturated rings. The first-order valence-electron chi connectivity index (χ1n) is 10.9. The first kappa shape index (κ1) is 24.9. The van der Waals surface area contributed by atoms with Crippen LogP contribution in [0.5, 0.6) is 5.75 Å². The summed E-state index contributed by atoms with van der Waals surface area (Å²) in [6.45, 7) is 4.10. The van der Waals surface area contributed by atoms with Crippen LogP contribution in [-0.2, 0) is 15.7 Å². The summed E-state index contributed by atoms with van der Waals surface area (Å²) < 4.78 is 56.1. The quantitative estimate of drug-likeness (QED) is 0.437. The van der Waals surface area contributed by atoms with Gasteiger partial charge in [-0.1, -0.05) is 11.8 Å². The fraction of sp³-hybridized carbons (Fsp3) is 0.348. The number of benzene rings is 2. The largest absolute Gasteiger partial charge is 0.494 e. The molecule has 3 aromatic rings. The smallest absolute Gasteiger partial charge is 0.416 e. The third-order valence-corrected chi connectivity index (χ3v) is 5.91. The maximum atomic E-state index is 13.3. The molecule has 12 heteroatoms. The summed E-state index contributed by atoms with van der Waals surface area (Å²) in [5, 5.41) is 10.8. The Hall–Kier alpha value is -3.25. The summed E-state index contributed by atoms with van der Waals surface area (Å²) in [6, 6.07) is 10.4. The predicted octanol–water partition coefficient (Wildman–Crippen LogP) is 4.72. The summed E-state index contributed by atoms with van der Waals surface area (Å²) in [6.07, 6.45) is -4.49. The van der Waals surface area contributed by atoms with Crippen molar-refractivity contribution in [2.45, 2.75) is 18.3 Å². The highest BCUT2D eigenvalue weighted by molar-refractivity contribution is 7.99. The minimum atomic E-state index is -4.49. The molecule has 35 heavy (non-hydrogen) atoms. The number of morpholine rings is 1. The molecule has 0 unspecified atom stereocenters. The Bertz CT molecular complexity index is 1150. The number of ether oxygens (including phenoxy) is 2. The molecule has 2 heterocycles. The molecule has 4 rings (SSSR count). The van der Waals surface area contributed by atoms with Gasteiger partial charge in [0.1, 0.15) is 5.75 Å². The van der Waals surface area contributed by atoms with Crippen molar-refractivity contribution in [1.82, 2.24) is 10.2 Å². The molecule has 0 spiro atoms. The molecule has 0 saturated carbocycles. The van der Waals surface area contributed by atoms with Crippen molar-refractivity contribution in [3.05, 3.63) is 48.0 Å². The van der Waals surface area contributed by atoms with Gasteiger partial charge in [0.25, 0.3) is 5.22 Å². The zero-order chi connectivity index (χ0) is 24.8. The maximum absolute atomic E-state index is 13.3. The number of nitrogens with zero attached hydrogens (tertiary/aromatic N) is 3. The molecule has 0 atom stereocenters. The van der Waals surface area contributed by atoms with Crippen LogP contribution < -0.4 is 15.0 Å². The van der Waals surface area contributed by atoms with Crippen LogP contribution in [0.15, 0.2) is 52.1 Å². The van der Waals surface area contributed by atoms with E-state index in [0.717, 1.165) is 29.6 Å². The number of carbonyl (C=O) groups excluding carboxylic acids is 1. The average molecular weight is 509 g/mol. The number of alkyl halides is 3. The second-order valence-electron chi connectivity index (χ2n) is 7.50. The van der Waals surface area contributed by atoms with Gasteiger partial charge in [0, 0.05) is 18.7 Å². The molecule has 0 radical (unpaired) electrons. The Morgan fingerprint density at radius 3 is 2.57 bits per heavy atom. The van der Waals surface area contributed by atoms with Gasteiger partial charge in [0.2, 0.25) is 11.8 Å². The first-order valence-corrected chi connectivity index (χ1v) is 11.9. The Morgan fingerprint density at radius 2 is 1.89 bits per heavy atom. The van der Waals surface area contributed by atoms with Crippen LogP contribution in [0.1, 0.15) is 12.5 Å². The van der Waals surface area contributed by atoms with E-state index in [2.05, 4.69) is 15.5 Å². The van der Waals surface area contributed by atoms with Gasteiger partial charge in [0.15, 0.2) is 0 Å². The molecule has 8 nitrogen and oxygen atoms in total. The fourth-order valence-corrected chi connectivity index (χ4v) is 4.00. The van der Waals surface area contributed by atoms with Gasteiger partial charge >= 0.3 is 6.18 Å². The van der Waals surface area contributed by atoms with Crippen LogP contribution in [-0.4, -0.2) is 54.8 Å². The number of amides is 1. The SMILES string of the molecule is CCOc1ccc(-c2nnc(SCC(=O)Nc3ccc(C(F)(F)F)cc3N3CCOCC3)o2)cc1. The summed E-state index contributed by atoms with van der Waals surface area (Å²) in [4.78, 5) is 14.3. The summed E-state index contributed by atoms with van der Waals surface area (Å²) in [5.41, 5.74) is 0.527. The lowest BCUT2D eigenvalue weighted by atomic mass is 10.1. The Morgan fingerprint density at radius 1 is 1.14 bits per heavy atom. The molecule has 186 valence electrons. The lowest BCUT2D eigenvalue weighted by Gasteiger charge is -2.31. The molecular formula is C23H23F3N4O4S. The number of hydrogen-bond donors (Lipinski definition) is 1. The Labute approximate surface area is 203 Å². The van der Waals surface area contributed by atoms with E-state index >= 15 is 0 Å². The number of rotatable bonds is 8. The molecule has 1 amide bonds. The van der Waals surface area contributed by atoms with Crippen molar-refractivity contribution in [1.29, 1.82) is 0 Å². The highest BCUT2D eigenvalue weighted by atomic mass is 32.2. The van der Waals surface area contributed by atoms with E-state index < -0.39 is 17.6 Å². The van der Waals surface area contributed by atoms with Crippen LogP contribution in [0.4, 0.5) is 24.5 Å². The monoisotopic (exact) mass is 508 g/mol. The van der Waals surface area contributed by atoms with E-state index in [1.54, 1.807) is 29.2 Å². The third-order valence-electron chi connectivity index (χ3n) is 5.10. The normalized spacial score (nSPS) is 14.1. The molecule has 1 aliphatic rings. The minimum Gasteiger partial charge on any atom is -0.494 e. The molecular weight excluding hydrogens is 485 g/mol.